The fourth-order valence-electron chi connectivity index (χ4n) is 3.64. The number of benzene rings is 1. The number of hydrogen-bond acceptors (Lipinski definition) is 3. The molecule has 0 amide bonds. The molecule has 126 valence electrons. The van der Waals surface area contributed by atoms with Gasteiger partial charge in [0, 0.05) is 0 Å². The van der Waals surface area contributed by atoms with Crippen molar-refractivity contribution < 1.29 is 14.6 Å². The van der Waals surface area contributed by atoms with Crippen LogP contribution in [0.5, 0.6) is 11.5 Å². The molecule has 0 saturated heterocycles. The average Bonchev–Trinajstić information content (AvgIpc) is 3.19. The molecule has 0 aromatic heterocycles. The van der Waals surface area contributed by atoms with Crippen LogP contribution >= 0.6 is 0 Å². The molecule has 1 aromatic rings. The van der Waals surface area contributed by atoms with Gasteiger partial charge in [-0.3, -0.25) is 0 Å². The summed E-state index contributed by atoms with van der Waals surface area (Å²) in [6.07, 6.45) is 11.8. The van der Waals surface area contributed by atoms with Crippen molar-refractivity contribution in [1.29, 1.82) is 0 Å². The van der Waals surface area contributed by atoms with E-state index in [0.717, 1.165) is 56.4 Å². The molecule has 0 spiro atoms. The molecule has 3 nitrogen and oxygen atoms in total. The van der Waals surface area contributed by atoms with Gasteiger partial charge in [-0.15, -0.1) is 0 Å². The van der Waals surface area contributed by atoms with Crippen molar-refractivity contribution in [3.63, 3.8) is 0 Å². The average molecular weight is 316 g/mol. The zero-order valence-corrected chi connectivity index (χ0v) is 14.1. The van der Waals surface area contributed by atoms with E-state index in [1.54, 1.807) is 0 Å². The molecule has 1 saturated carbocycles. The van der Waals surface area contributed by atoms with E-state index < -0.39 is 0 Å². The van der Waals surface area contributed by atoms with Crippen molar-refractivity contribution in [3.8, 4) is 11.5 Å². The van der Waals surface area contributed by atoms with Gasteiger partial charge in [-0.25, -0.2) is 0 Å². The first-order valence-corrected chi connectivity index (χ1v) is 8.97. The Balaban J connectivity index is 1.49. The Hall–Kier alpha value is -1.48. The number of ether oxygens (including phenoxy) is 2. The Morgan fingerprint density at radius 3 is 2.78 bits per heavy atom. The number of hydrogen-bond donors (Lipinski definition) is 1. The van der Waals surface area contributed by atoms with Crippen molar-refractivity contribution >= 4 is 0 Å². The Morgan fingerprint density at radius 1 is 1.22 bits per heavy atom. The SMILES string of the molecule is CC/C(=C\CCc1ccc2c(c1)OCO2)CCC1(O)CCCC1. The van der Waals surface area contributed by atoms with E-state index in [9.17, 15) is 5.11 Å². The van der Waals surface area contributed by atoms with Gasteiger partial charge < -0.3 is 14.6 Å². The van der Waals surface area contributed by atoms with E-state index in [4.69, 9.17) is 9.47 Å². The zero-order valence-electron chi connectivity index (χ0n) is 14.1. The summed E-state index contributed by atoms with van der Waals surface area (Å²) in [6.45, 7) is 2.55. The largest absolute Gasteiger partial charge is 0.454 e. The number of allylic oxidation sites excluding steroid dienone is 2. The van der Waals surface area contributed by atoms with Crippen molar-refractivity contribution in [2.45, 2.75) is 70.3 Å². The van der Waals surface area contributed by atoms with Crippen molar-refractivity contribution in [3.05, 3.63) is 35.4 Å². The summed E-state index contributed by atoms with van der Waals surface area (Å²) in [4.78, 5) is 0. The van der Waals surface area contributed by atoms with E-state index in [1.165, 1.54) is 24.0 Å². The third-order valence-electron chi connectivity index (χ3n) is 5.20. The number of aryl methyl sites for hydroxylation is 1. The summed E-state index contributed by atoms with van der Waals surface area (Å²) in [7, 11) is 0. The van der Waals surface area contributed by atoms with E-state index in [-0.39, 0.29) is 5.60 Å². The van der Waals surface area contributed by atoms with Crippen molar-refractivity contribution in [1.82, 2.24) is 0 Å². The lowest BCUT2D eigenvalue weighted by Gasteiger charge is -2.22. The molecule has 0 atom stereocenters. The summed E-state index contributed by atoms with van der Waals surface area (Å²) in [5, 5.41) is 10.5. The normalized spacial score (nSPS) is 19.3. The first kappa shape index (κ1) is 16.4. The lowest BCUT2D eigenvalue weighted by atomic mass is 9.92. The minimum atomic E-state index is -0.383. The summed E-state index contributed by atoms with van der Waals surface area (Å²) < 4.78 is 10.8. The molecule has 1 N–H and O–H groups in total. The van der Waals surface area contributed by atoms with Gasteiger partial charge in [-0.2, -0.15) is 0 Å². The predicted octanol–water partition coefficient (Wildman–Crippen LogP) is 4.77. The fraction of sp³-hybridized carbons (Fsp3) is 0.600. The number of aliphatic hydroxyl groups is 1. The molecule has 2 aliphatic rings. The number of rotatable bonds is 7. The Bertz CT molecular complexity index is 556. The van der Waals surface area contributed by atoms with Crippen LogP contribution < -0.4 is 9.47 Å². The van der Waals surface area contributed by atoms with Gasteiger partial charge in [0.25, 0.3) is 0 Å². The summed E-state index contributed by atoms with van der Waals surface area (Å²) in [6, 6.07) is 6.20. The highest BCUT2D eigenvalue weighted by atomic mass is 16.7. The third-order valence-corrected chi connectivity index (χ3v) is 5.20. The number of fused-ring (bicyclic) bond motifs is 1. The van der Waals surface area contributed by atoms with E-state index in [2.05, 4.69) is 25.1 Å². The van der Waals surface area contributed by atoms with E-state index in [1.807, 2.05) is 6.07 Å². The van der Waals surface area contributed by atoms with Crippen LogP contribution in [0.25, 0.3) is 0 Å². The van der Waals surface area contributed by atoms with Gasteiger partial charge in [0.15, 0.2) is 11.5 Å². The molecule has 1 fully saturated rings. The molecule has 0 radical (unpaired) electrons. The lowest BCUT2D eigenvalue weighted by molar-refractivity contribution is 0.0390. The monoisotopic (exact) mass is 316 g/mol. The Morgan fingerprint density at radius 2 is 2.00 bits per heavy atom. The molecule has 1 aliphatic carbocycles. The third kappa shape index (κ3) is 4.29. The van der Waals surface area contributed by atoms with Crippen LogP contribution in [0.4, 0.5) is 0 Å². The zero-order chi connectivity index (χ0) is 16.1. The molecular weight excluding hydrogens is 288 g/mol. The topological polar surface area (TPSA) is 38.7 Å². The quantitative estimate of drug-likeness (QED) is 0.736. The van der Waals surface area contributed by atoms with Gasteiger partial charge >= 0.3 is 0 Å². The summed E-state index contributed by atoms with van der Waals surface area (Å²) in [5.74, 6) is 1.72. The summed E-state index contributed by atoms with van der Waals surface area (Å²) in [5.41, 5.74) is 2.38. The van der Waals surface area contributed by atoms with Crippen LogP contribution in [-0.4, -0.2) is 17.5 Å². The molecule has 3 heteroatoms. The fourth-order valence-corrected chi connectivity index (χ4v) is 3.64. The van der Waals surface area contributed by atoms with E-state index >= 15 is 0 Å². The first-order valence-electron chi connectivity index (χ1n) is 8.97. The van der Waals surface area contributed by atoms with E-state index in [0.29, 0.717) is 6.79 Å². The van der Waals surface area contributed by atoms with Gasteiger partial charge in [-0.1, -0.05) is 37.5 Å². The first-order chi connectivity index (χ1) is 11.2. The molecular formula is C20H28O3. The van der Waals surface area contributed by atoms with Crippen LogP contribution in [0.2, 0.25) is 0 Å². The highest BCUT2D eigenvalue weighted by molar-refractivity contribution is 5.44. The molecule has 1 aromatic carbocycles. The van der Waals surface area contributed by atoms with Gasteiger partial charge in [0.05, 0.1) is 5.60 Å². The minimum absolute atomic E-state index is 0.335. The Kier molecular flexibility index (Phi) is 5.27. The van der Waals surface area contributed by atoms with Crippen LogP contribution in [0.1, 0.15) is 63.9 Å². The second-order valence-corrected chi connectivity index (χ2v) is 6.87. The Labute approximate surface area is 139 Å². The van der Waals surface area contributed by atoms with Crippen LogP contribution in [0.3, 0.4) is 0 Å². The predicted molar refractivity (Wildman–Crippen MR) is 91.9 cm³/mol. The molecule has 1 heterocycles. The lowest BCUT2D eigenvalue weighted by Crippen LogP contribution is -2.23. The standard InChI is InChI=1S/C20H28O3/c1-2-16(10-13-20(21)11-3-4-12-20)6-5-7-17-8-9-18-19(14-17)23-15-22-18/h6,8-9,14,21H,2-5,7,10-13,15H2,1H3/b16-6+. The smallest absolute Gasteiger partial charge is 0.231 e. The highest BCUT2D eigenvalue weighted by Crippen LogP contribution is 2.35. The second kappa shape index (κ2) is 7.39. The second-order valence-electron chi connectivity index (χ2n) is 6.87. The minimum Gasteiger partial charge on any atom is -0.454 e. The molecule has 1 aliphatic heterocycles. The van der Waals surface area contributed by atoms with Gasteiger partial charge in [0.1, 0.15) is 0 Å². The van der Waals surface area contributed by atoms with Gasteiger partial charge in [-0.05, 0) is 62.6 Å². The van der Waals surface area contributed by atoms with Crippen molar-refractivity contribution in [2.24, 2.45) is 0 Å². The van der Waals surface area contributed by atoms with Crippen LogP contribution in [0.15, 0.2) is 29.8 Å². The maximum Gasteiger partial charge on any atom is 0.231 e. The molecule has 0 unspecified atom stereocenters. The van der Waals surface area contributed by atoms with Crippen LogP contribution in [-0.2, 0) is 6.42 Å². The molecule has 0 bridgehead atoms. The molecule has 3 rings (SSSR count). The van der Waals surface area contributed by atoms with Crippen LogP contribution in [0, 0.1) is 0 Å². The summed E-state index contributed by atoms with van der Waals surface area (Å²) >= 11 is 0. The van der Waals surface area contributed by atoms with Gasteiger partial charge in [0.2, 0.25) is 6.79 Å². The maximum atomic E-state index is 10.5. The van der Waals surface area contributed by atoms with Crippen molar-refractivity contribution in [2.75, 3.05) is 6.79 Å². The highest BCUT2D eigenvalue weighted by Gasteiger charge is 2.30. The molecule has 23 heavy (non-hydrogen) atoms. The maximum absolute atomic E-state index is 10.5.